The summed E-state index contributed by atoms with van der Waals surface area (Å²) in [4.78, 5) is 0. The summed E-state index contributed by atoms with van der Waals surface area (Å²) in [6, 6.07) is 11.5. The zero-order valence-electron chi connectivity index (χ0n) is 9.30. The van der Waals surface area contributed by atoms with Crippen LogP contribution in [0.1, 0.15) is 5.56 Å². The largest absolute Gasteiger partial charge is 0.398 e. The van der Waals surface area contributed by atoms with Gasteiger partial charge in [-0.05, 0) is 58.7 Å². The number of anilines is 3. The Morgan fingerprint density at radius 1 is 1.18 bits per heavy atom. The SMILES string of the molecule is Cc1ccc(Nc2ccc(Cl)cc2Br)cc1N. The van der Waals surface area contributed by atoms with Gasteiger partial charge in [-0.1, -0.05) is 17.7 Å². The highest BCUT2D eigenvalue weighted by Crippen LogP contribution is 2.29. The van der Waals surface area contributed by atoms with Gasteiger partial charge < -0.3 is 11.1 Å². The van der Waals surface area contributed by atoms with E-state index in [1.807, 2.05) is 43.3 Å². The first-order valence-electron chi connectivity index (χ1n) is 5.14. The molecule has 0 unspecified atom stereocenters. The zero-order chi connectivity index (χ0) is 12.4. The van der Waals surface area contributed by atoms with Crippen LogP contribution in [-0.2, 0) is 0 Å². The Kier molecular flexibility index (Phi) is 3.60. The van der Waals surface area contributed by atoms with Crippen LogP contribution in [-0.4, -0.2) is 0 Å². The second kappa shape index (κ2) is 4.98. The summed E-state index contributed by atoms with van der Waals surface area (Å²) in [7, 11) is 0. The van der Waals surface area contributed by atoms with Gasteiger partial charge in [0, 0.05) is 20.9 Å². The molecular formula is C13H12BrClN2. The highest BCUT2D eigenvalue weighted by molar-refractivity contribution is 9.10. The number of nitrogen functional groups attached to an aromatic ring is 1. The number of hydrogen-bond donors (Lipinski definition) is 2. The molecule has 0 bridgehead atoms. The van der Waals surface area contributed by atoms with Crippen LogP contribution in [0.4, 0.5) is 17.1 Å². The Bertz CT molecular complexity index is 555. The van der Waals surface area contributed by atoms with Crippen LogP contribution in [0.2, 0.25) is 5.02 Å². The van der Waals surface area contributed by atoms with Crippen molar-refractivity contribution in [3.8, 4) is 0 Å². The van der Waals surface area contributed by atoms with Gasteiger partial charge >= 0.3 is 0 Å². The Balaban J connectivity index is 2.28. The average molecular weight is 312 g/mol. The summed E-state index contributed by atoms with van der Waals surface area (Å²) in [5.74, 6) is 0. The van der Waals surface area contributed by atoms with Crippen LogP contribution >= 0.6 is 27.5 Å². The van der Waals surface area contributed by atoms with Crippen LogP contribution in [0.25, 0.3) is 0 Å². The van der Waals surface area contributed by atoms with E-state index in [0.29, 0.717) is 5.02 Å². The zero-order valence-corrected chi connectivity index (χ0v) is 11.6. The number of rotatable bonds is 2. The normalized spacial score (nSPS) is 10.3. The van der Waals surface area contributed by atoms with E-state index in [9.17, 15) is 0 Å². The first kappa shape index (κ1) is 12.3. The van der Waals surface area contributed by atoms with Gasteiger partial charge in [0.15, 0.2) is 0 Å². The Morgan fingerprint density at radius 3 is 2.59 bits per heavy atom. The highest BCUT2D eigenvalue weighted by atomic mass is 79.9. The molecule has 3 N–H and O–H groups in total. The van der Waals surface area contributed by atoms with Crippen molar-refractivity contribution in [2.24, 2.45) is 0 Å². The molecule has 0 heterocycles. The summed E-state index contributed by atoms with van der Waals surface area (Å²) in [6.45, 7) is 1.98. The topological polar surface area (TPSA) is 38.0 Å². The molecule has 0 aliphatic carbocycles. The molecule has 4 heteroatoms. The molecule has 2 aromatic rings. The van der Waals surface area contributed by atoms with Crippen LogP contribution in [0.3, 0.4) is 0 Å². The van der Waals surface area contributed by atoms with E-state index in [1.54, 1.807) is 0 Å². The predicted molar refractivity (Wildman–Crippen MR) is 78.0 cm³/mol. The van der Waals surface area contributed by atoms with E-state index in [4.69, 9.17) is 17.3 Å². The maximum absolute atomic E-state index is 5.89. The fraction of sp³-hybridized carbons (Fsp3) is 0.0769. The maximum atomic E-state index is 5.89. The Morgan fingerprint density at radius 2 is 1.94 bits per heavy atom. The lowest BCUT2D eigenvalue weighted by Gasteiger charge is -2.10. The molecule has 0 aromatic heterocycles. The quantitative estimate of drug-likeness (QED) is 0.786. The number of aryl methyl sites for hydroxylation is 1. The molecule has 0 saturated carbocycles. The lowest BCUT2D eigenvalue weighted by atomic mass is 10.2. The van der Waals surface area contributed by atoms with Gasteiger partial charge in [0.2, 0.25) is 0 Å². The van der Waals surface area contributed by atoms with E-state index in [0.717, 1.165) is 27.1 Å². The van der Waals surface area contributed by atoms with Crippen molar-refractivity contribution >= 4 is 44.6 Å². The minimum absolute atomic E-state index is 0.700. The van der Waals surface area contributed by atoms with Gasteiger partial charge in [0.1, 0.15) is 0 Å². The van der Waals surface area contributed by atoms with Crippen molar-refractivity contribution in [3.63, 3.8) is 0 Å². The van der Waals surface area contributed by atoms with E-state index in [1.165, 1.54) is 0 Å². The van der Waals surface area contributed by atoms with Crippen molar-refractivity contribution < 1.29 is 0 Å². The molecule has 0 amide bonds. The molecule has 0 spiro atoms. The van der Waals surface area contributed by atoms with Gasteiger partial charge in [-0.3, -0.25) is 0 Å². The van der Waals surface area contributed by atoms with Gasteiger partial charge in [-0.15, -0.1) is 0 Å². The Hall–Kier alpha value is -1.19. The van der Waals surface area contributed by atoms with Crippen LogP contribution in [0.5, 0.6) is 0 Å². The van der Waals surface area contributed by atoms with Crippen LogP contribution < -0.4 is 11.1 Å². The van der Waals surface area contributed by atoms with Gasteiger partial charge in [-0.2, -0.15) is 0 Å². The molecule has 88 valence electrons. The molecular weight excluding hydrogens is 300 g/mol. The van der Waals surface area contributed by atoms with Crippen molar-refractivity contribution in [2.45, 2.75) is 6.92 Å². The molecule has 2 rings (SSSR count). The molecule has 0 saturated heterocycles. The number of nitrogens with one attached hydrogen (secondary N) is 1. The minimum Gasteiger partial charge on any atom is -0.398 e. The standard InChI is InChI=1S/C13H12BrClN2/c1-8-2-4-10(7-12(8)16)17-13-5-3-9(15)6-11(13)14/h2-7,17H,16H2,1H3. The average Bonchev–Trinajstić information content (AvgIpc) is 2.27. The van der Waals surface area contributed by atoms with E-state index in [-0.39, 0.29) is 0 Å². The second-order valence-corrected chi connectivity index (χ2v) is 5.11. The molecule has 0 atom stereocenters. The van der Waals surface area contributed by atoms with Crippen LogP contribution in [0, 0.1) is 6.92 Å². The second-order valence-electron chi connectivity index (χ2n) is 3.82. The summed E-state index contributed by atoms with van der Waals surface area (Å²) in [6.07, 6.45) is 0. The van der Waals surface area contributed by atoms with Crippen molar-refractivity contribution in [3.05, 3.63) is 51.5 Å². The molecule has 17 heavy (non-hydrogen) atoms. The first-order valence-corrected chi connectivity index (χ1v) is 6.31. The minimum atomic E-state index is 0.700. The number of hydrogen-bond acceptors (Lipinski definition) is 2. The number of benzene rings is 2. The summed E-state index contributed by atoms with van der Waals surface area (Å²) >= 11 is 9.35. The third kappa shape index (κ3) is 2.93. The lowest BCUT2D eigenvalue weighted by Crippen LogP contribution is -1.95. The maximum Gasteiger partial charge on any atom is 0.0529 e. The molecule has 0 fully saturated rings. The third-order valence-electron chi connectivity index (χ3n) is 2.49. The summed E-state index contributed by atoms with van der Waals surface area (Å²) in [5, 5.41) is 3.98. The molecule has 2 nitrogen and oxygen atoms in total. The Labute approximate surface area is 114 Å². The fourth-order valence-electron chi connectivity index (χ4n) is 1.46. The third-order valence-corrected chi connectivity index (χ3v) is 3.38. The van der Waals surface area contributed by atoms with Crippen molar-refractivity contribution in [1.82, 2.24) is 0 Å². The fourth-order valence-corrected chi connectivity index (χ4v) is 2.25. The van der Waals surface area contributed by atoms with Crippen molar-refractivity contribution in [1.29, 1.82) is 0 Å². The van der Waals surface area contributed by atoms with E-state index in [2.05, 4.69) is 21.2 Å². The summed E-state index contributed by atoms with van der Waals surface area (Å²) < 4.78 is 0.921. The molecule has 0 radical (unpaired) electrons. The molecule has 0 aliphatic heterocycles. The summed E-state index contributed by atoms with van der Waals surface area (Å²) in [5.41, 5.74) is 9.63. The monoisotopic (exact) mass is 310 g/mol. The highest BCUT2D eigenvalue weighted by Gasteiger charge is 2.02. The lowest BCUT2D eigenvalue weighted by molar-refractivity contribution is 1.45. The van der Waals surface area contributed by atoms with Gasteiger partial charge in [-0.25, -0.2) is 0 Å². The predicted octanol–water partition coefficient (Wildman–Crippen LogP) is 4.74. The number of nitrogens with two attached hydrogens (primary N) is 1. The number of halogens is 2. The smallest absolute Gasteiger partial charge is 0.0529 e. The first-order chi connectivity index (χ1) is 8.06. The molecule has 2 aromatic carbocycles. The van der Waals surface area contributed by atoms with Crippen molar-refractivity contribution in [2.75, 3.05) is 11.1 Å². The van der Waals surface area contributed by atoms with Crippen LogP contribution in [0.15, 0.2) is 40.9 Å². The van der Waals surface area contributed by atoms with Gasteiger partial charge in [0.05, 0.1) is 5.69 Å². The van der Waals surface area contributed by atoms with E-state index < -0.39 is 0 Å². The molecule has 0 aliphatic rings. The van der Waals surface area contributed by atoms with E-state index >= 15 is 0 Å². The van der Waals surface area contributed by atoms with Gasteiger partial charge in [0.25, 0.3) is 0 Å².